The number of nitrogens with zero attached hydrogens (tertiary/aromatic N) is 3. The SMILES string of the molecule is CC(C)(C)OC(=O)NC1(c2ccc(-c3c(-c4ccc(NC(=O)Nc5ccccc5)cc4)nc4n3-c3cccnc3Nc3ccccc3-4)cc2)CCC1. The fourth-order valence-corrected chi connectivity index (χ4v) is 6.88. The number of hydrogen-bond acceptors (Lipinski definition) is 6. The maximum Gasteiger partial charge on any atom is 0.408 e. The van der Waals surface area contributed by atoms with E-state index in [2.05, 4.69) is 56.2 Å². The molecule has 6 aromatic rings. The second kappa shape index (κ2) is 13.0. The van der Waals surface area contributed by atoms with Gasteiger partial charge in [0.1, 0.15) is 11.4 Å². The molecule has 1 fully saturated rings. The molecule has 4 aromatic carbocycles. The Balaban J connectivity index is 1.21. The molecule has 0 bridgehead atoms. The Hall–Kier alpha value is -6.42. The van der Waals surface area contributed by atoms with Gasteiger partial charge in [0.15, 0.2) is 5.82 Å². The quantitative estimate of drug-likeness (QED) is 0.138. The van der Waals surface area contributed by atoms with E-state index in [1.165, 1.54) is 0 Å². The van der Waals surface area contributed by atoms with Crippen LogP contribution in [0.5, 0.6) is 0 Å². The maximum absolute atomic E-state index is 12.9. The van der Waals surface area contributed by atoms with Crippen LogP contribution >= 0.6 is 0 Å². The molecule has 0 radical (unpaired) electrons. The summed E-state index contributed by atoms with van der Waals surface area (Å²) in [6.07, 6.45) is 4.06. The Kier molecular flexibility index (Phi) is 8.22. The van der Waals surface area contributed by atoms with Gasteiger partial charge in [0.25, 0.3) is 0 Å². The number of benzene rings is 4. The van der Waals surface area contributed by atoms with Crippen molar-refractivity contribution in [1.29, 1.82) is 0 Å². The highest BCUT2D eigenvalue weighted by Crippen LogP contribution is 2.46. The van der Waals surface area contributed by atoms with Crippen LogP contribution in [0.15, 0.2) is 121 Å². The third-order valence-corrected chi connectivity index (χ3v) is 9.43. The summed E-state index contributed by atoms with van der Waals surface area (Å²) in [5.41, 5.74) is 7.53. The largest absolute Gasteiger partial charge is 0.444 e. The van der Waals surface area contributed by atoms with E-state index in [0.717, 1.165) is 75.9 Å². The number of rotatable bonds is 6. The molecule has 2 aromatic heterocycles. The minimum Gasteiger partial charge on any atom is -0.444 e. The number of amides is 3. The number of fused-ring (bicyclic) bond motifs is 5. The van der Waals surface area contributed by atoms with E-state index in [1.807, 2.05) is 106 Å². The van der Waals surface area contributed by atoms with E-state index in [9.17, 15) is 9.59 Å². The van der Waals surface area contributed by atoms with Gasteiger partial charge in [0.2, 0.25) is 0 Å². The van der Waals surface area contributed by atoms with E-state index in [-0.39, 0.29) is 6.03 Å². The van der Waals surface area contributed by atoms with E-state index in [4.69, 9.17) is 14.7 Å². The summed E-state index contributed by atoms with van der Waals surface area (Å²) in [4.78, 5) is 35.7. The summed E-state index contributed by atoms with van der Waals surface area (Å²) in [7, 11) is 0. The topological polar surface area (TPSA) is 122 Å². The zero-order chi connectivity index (χ0) is 35.9. The van der Waals surface area contributed by atoms with Gasteiger partial charge in [-0.2, -0.15) is 0 Å². The van der Waals surface area contributed by atoms with E-state index in [0.29, 0.717) is 11.4 Å². The van der Waals surface area contributed by atoms with Gasteiger partial charge in [-0.15, -0.1) is 0 Å². The summed E-state index contributed by atoms with van der Waals surface area (Å²) in [5.74, 6) is 1.49. The van der Waals surface area contributed by atoms with Gasteiger partial charge in [-0.25, -0.2) is 19.6 Å². The normalized spacial score (nSPS) is 13.9. The summed E-state index contributed by atoms with van der Waals surface area (Å²) in [6.45, 7) is 5.61. The van der Waals surface area contributed by atoms with Crippen molar-refractivity contribution < 1.29 is 14.3 Å². The van der Waals surface area contributed by atoms with E-state index in [1.54, 1.807) is 6.20 Å². The Morgan fingerprint density at radius 2 is 1.46 bits per heavy atom. The molecule has 10 heteroatoms. The lowest BCUT2D eigenvalue weighted by Crippen LogP contribution is -2.52. The molecule has 1 aliphatic heterocycles. The molecule has 0 saturated heterocycles. The van der Waals surface area contributed by atoms with Crippen molar-refractivity contribution in [3.8, 4) is 39.6 Å². The Morgan fingerprint density at radius 3 is 2.15 bits per heavy atom. The molecule has 52 heavy (non-hydrogen) atoms. The third-order valence-electron chi connectivity index (χ3n) is 9.43. The fraction of sp³-hybridized carbons (Fsp3) is 0.190. The summed E-state index contributed by atoms with van der Waals surface area (Å²) < 4.78 is 7.80. The second-order valence-corrected chi connectivity index (χ2v) is 14.2. The first-order chi connectivity index (χ1) is 25.2. The third kappa shape index (κ3) is 6.35. The number of hydrogen-bond donors (Lipinski definition) is 4. The molecule has 0 spiro atoms. The Labute approximate surface area is 302 Å². The van der Waals surface area contributed by atoms with Gasteiger partial charge in [-0.3, -0.25) is 4.57 Å². The molecule has 8 rings (SSSR count). The van der Waals surface area contributed by atoms with Crippen LogP contribution in [-0.4, -0.2) is 32.3 Å². The zero-order valence-electron chi connectivity index (χ0n) is 29.2. The van der Waals surface area contributed by atoms with Gasteiger partial charge in [0.05, 0.1) is 28.3 Å². The number of para-hydroxylation sites is 2. The highest BCUT2D eigenvalue weighted by atomic mass is 16.6. The van der Waals surface area contributed by atoms with Gasteiger partial charge in [0, 0.05) is 34.3 Å². The lowest BCUT2D eigenvalue weighted by atomic mass is 9.71. The van der Waals surface area contributed by atoms with Crippen molar-refractivity contribution in [2.45, 2.75) is 51.2 Å². The first-order valence-corrected chi connectivity index (χ1v) is 17.5. The van der Waals surface area contributed by atoms with Crippen LogP contribution in [-0.2, 0) is 10.3 Å². The Morgan fingerprint density at radius 1 is 0.788 bits per heavy atom. The van der Waals surface area contributed by atoms with Gasteiger partial charge in [-0.1, -0.05) is 66.7 Å². The predicted molar refractivity (Wildman–Crippen MR) is 205 cm³/mol. The average Bonchev–Trinajstić information content (AvgIpc) is 3.44. The number of anilines is 4. The highest BCUT2D eigenvalue weighted by molar-refractivity contribution is 6.00. The number of imidazole rings is 1. The molecule has 0 unspecified atom stereocenters. The number of carbonyl (C=O) groups excluding carboxylic acids is 2. The minimum atomic E-state index is -0.587. The molecule has 10 nitrogen and oxygen atoms in total. The molecule has 1 saturated carbocycles. The maximum atomic E-state index is 12.9. The number of urea groups is 1. The highest BCUT2D eigenvalue weighted by Gasteiger charge is 2.41. The van der Waals surface area contributed by atoms with E-state index < -0.39 is 17.2 Å². The van der Waals surface area contributed by atoms with Crippen LogP contribution < -0.4 is 21.3 Å². The second-order valence-electron chi connectivity index (χ2n) is 14.2. The number of aromatic nitrogens is 3. The van der Waals surface area contributed by atoms with Crippen LogP contribution in [0.4, 0.5) is 32.5 Å². The summed E-state index contributed by atoms with van der Waals surface area (Å²) >= 11 is 0. The van der Waals surface area contributed by atoms with Crippen molar-refractivity contribution in [1.82, 2.24) is 19.9 Å². The fourth-order valence-electron chi connectivity index (χ4n) is 6.88. The minimum absolute atomic E-state index is 0.327. The number of alkyl carbamates (subject to hydrolysis) is 1. The number of nitrogens with one attached hydrogen (secondary N) is 4. The van der Waals surface area contributed by atoms with Crippen molar-refractivity contribution >= 4 is 35.0 Å². The van der Waals surface area contributed by atoms with Crippen molar-refractivity contribution in [2.75, 3.05) is 16.0 Å². The smallest absolute Gasteiger partial charge is 0.408 e. The predicted octanol–water partition coefficient (Wildman–Crippen LogP) is 9.87. The monoisotopic (exact) mass is 689 g/mol. The van der Waals surface area contributed by atoms with Crippen molar-refractivity contribution in [2.24, 2.45) is 0 Å². The molecular weight excluding hydrogens is 651 g/mol. The first-order valence-electron chi connectivity index (χ1n) is 17.5. The Bertz CT molecular complexity index is 2270. The van der Waals surface area contributed by atoms with Crippen LogP contribution in [0.3, 0.4) is 0 Å². The van der Waals surface area contributed by atoms with Gasteiger partial charge < -0.3 is 26.0 Å². The average molecular weight is 690 g/mol. The molecule has 2 aliphatic rings. The number of carbonyl (C=O) groups is 2. The lowest BCUT2D eigenvalue weighted by molar-refractivity contribution is 0.0377. The first kappa shape index (κ1) is 32.8. The molecule has 3 heterocycles. The lowest BCUT2D eigenvalue weighted by Gasteiger charge is -2.43. The van der Waals surface area contributed by atoms with Crippen molar-refractivity contribution in [3.05, 3.63) is 127 Å². The van der Waals surface area contributed by atoms with Crippen LogP contribution in [0.1, 0.15) is 45.6 Å². The molecule has 0 atom stereocenters. The van der Waals surface area contributed by atoms with Crippen LogP contribution in [0, 0.1) is 0 Å². The summed E-state index contributed by atoms with van der Waals surface area (Å²) in [5, 5.41) is 12.5. The summed E-state index contributed by atoms with van der Waals surface area (Å²) in [6, 6.07) is 37.2. The zero-order valence-corrected chi connectivity index (χ0v) is 29.2. The van der Waals surface area contributed by atoms with Crippen LogP contribution in [0.2, 0.25) is 0 Å². The van der Waals surface area contributed by atoms with Crippen molar-refractivity contribution in [3.63, 3.8) is 0 Å². The van der Waals surface area contributed by atoms with Gasteiger partial charge >= 0.3 is 12.1 Å². The molecular formula is C42H39N7O3. The standard InChI is InChI=1S/C42H39N7O3/c1-41(2,3)52-40(51)48-42(24-10-25-42)29-20-16-28(17-21-29)36-35(27-18-22-31(23-19-27)45-39(50)44-30-11-5-4-6-12-30)47-38-32-13-7-8-14-33(32)46-37-34(49(36)38)15-9-26-43-37/h4-9,11-23,26H,10,24-25H2,1-3H3,(H,43,46)(H,48,51)(H2,44,45,50). The van der Waals surface area contributed by atoms with E-state index >= 15 is 0 Å². The molecule has 260 valence electrons. The number of ether oxygens (including phenoxy) is 1. The molecule has 4 N–H and O–H groups in total. The van der Waals surface area contributed by atoms with Crippen LogP contribution in [0.25, 0.3) is 39.6 Å². The number of pyridine rings is 1. The molecule has 1 aliphatic carbocycles. The molecule has 3 amide bonds. The van der Waals surface area contributed by atoms with Gasteiger partial charge in [-0.05, 0) is 94.1 Å².